The van der Waals surface area contributed by atoms with Crippen molar-refractivity contribution in [3.63, 3.8) is 0 Å². The average molecular weight is 178 g/mol. The maximum absolute atomic E-state index is 5.60. The van der Waals surface area contributed by atoms with E-state index in [1.165, 1.54) is 0 Å². The van der Waals surface area contributed by atoms with Crippen LogP contribution >= 0.6 is 0 Å². The van der Waals surface area contributed by atoms with Crippen LogP contribution in [0.2, 0.25) is 6.04 Å². The Morgan fingerprint density at radius 3 is 1.70 bits per heavy atom. The predicted octanol–water partition coefficient (Wildman–Crippen LogP) is 0.384. The molecule has 0 heterocycles. The third kappa shape index (κ3) is 3.50. The first-order valence-electron chi connectivity index (χ1n) is 3.96. The molecule has 2 nitrogen and oxygen atoms in total. The molecule has 62 valence electrons. The van der Waals surface area contributed by atoms with Crippen LogP contribution in [0.5, 0.6) is 0 Å². The van der Waals surface area contributed by atoms with E-state index in [1.807, 2.05) is 13.8 Å². The highest BCUT2D eigenvalue weighted by Crippen LogP contribution is 2.07. The molecule has 10 heavy (non-hydrogen) atoms. The summed E-state index contributed by atoms with van der Waals surface area (Å²) >= 11 is 0. The van der Waals surface area contributed by atoms with Crippen molar-refractivity contribution in [3.8, 4) is 0 Å². The predicted molar refractivity (Wildman–Crippen MR) is 49.4 cm³/mol. The van der Waals surface area contributed by atoms with Gasteiger partial charge in [0.15, 0.2) is 0 Å². The molecule has 4 heteroatoms. The van der Waals surface area contributed by atoms with Crippen LogP contribution in [0.3, 0.4) is 0 Å². The van der Waals surface area contributed by atoms with Gasteiger partial charge in [-0.2, -0.15) is 0 Å². The second-order valence-electron chi connectivity index (χ2n) is 2.35. The van der Waals surface area contributed by atoms with Crippen LogP contribution in [-0.4, -0.2) is 31.1 Å². The molecule has 0 aromatic rings. The maximum Gasteiger partial charge on any atom is 0.304 e. The van der Waals surface area contributed by atoms with Crippen molar-refractivity contribution < 1.29 is 8.85 Å². The topological polar surface area (TPSA) is 18.5 Å². The Labute approximate surface area is 67.4 Å². The van der Waals surface area contributed by atoms with E-state index in [1.54, 1.807) is 0 Å². The minimum absolute atomic E-state index is 0.809. The van der Waals surface area contributed by atoms with E-state index in [2.05, 4.69) is 6.92 Å². The van der Waals surface area contributed by atoms with Crippen LogP contribution in [0.4, 0.5) is 0 Å². The lowest BCUT2D eigenvalue weighted by atomic mass is 10.9. The summed E-state index contributed by atoms with van der Waals surface area (Å²) in [6, 6.07) is 1.10. The van der Waals surface area contributed by atoms with Crippen molar-refractivity contribution >= 4 is 17.8 Å². The molecule has 0 unspecified atom stereocenters. The van der Waals surface area contributed by atoms with Gasteiger partial charge in [-0.1, -0.05) is 6.92 Å². The molecule has 0 amide bonds. The molecule has 0 aromatic carbocycles. The molecule has 0 spiro atoms. The van der Waals surface area contributed by atoms with Crippen LogP contribution in [0.25, 0.3) is 0 Å². The third-order valence-corrected chi connectivity index (χ3v) is 8.48. The summed E-state index contributed by atoms with van der Waals surface area (Å²) in [5.74, 6) is 0. The molecule has 0 aromatic heterocycles. The lowest BCUT2D eigenvalue weighted by Gasteiger charge is -2.24. The molecule has 0 saturated carbocycles. The summed E-state index contributed by atoms with van der Waals surface area (Å²) in [5.41, 5.74) is 0. The van der Waals surface area contributed by atoms with E-state index in [9.17, 15) is 0 Å². The quantitative estimate of drug-likeness (QED) is 0.567. The van der Waals surface area contributed by atoms with E-state index < -0.39 is 8.08 Å². The van der Waals surface area contributed by atoms with Gasteiger partial charge in [0.2, 0.25) is 0 Å². The van der Waals surface area contributed by atoms with Gasteiger partial charge in [-0.25, -0.2) is 0 Å². The Morgan fingerprint density at radius 1 is 1.10 bits per heavy atom. The summed E-state index contributed by atoms with van der Waals surface area (Å²) in [4.78, 5) is 0. The van der Waals surface area contributed by atoms with Crippen molar-refractivity contribution in [2.75, 3.05) is 13.2 Å². The number of rotatable bonds is 5. The van der Waals surface area contributed by atoms with Gasteiger partial charge in [0, 0.05) is 13.2 Å². The first-order chi connectivity index (χ1) is 4.68. The molecule has 0 saturated heterocycles. The highest BCUT2D eigenvalue weighted by molar-refractivity contribution is 7.09. The SMILES string of the molecule is CCO[Si]([SiH3])(CC)OCC. The molecule has 0 atom stereocenters. The van der Waals surface area contributed by atoms with Crippen LogP contribution in [-0.2, 0) is 8.85 Å². The fourth-order valence-electron chi connectivity index (χ4n) is 0.856. The highest BCUT2D eigenvalue weighted by Gasteiger charge is 2.26. The first-order valence-corrected chi connectivity index (χ1v) is 9.48. The van der Waals surface area contributed by atoms with Crippen molar-refractivity contribution in [1.82, 2.24) is 0 Å². The zero-order valence-corrected chi connectivity index (χ0v) is 10.4. The van der Waals surface area contributed by atoms with E-state index in [0.717, 1.165) is 29.0 Å². The van der Waals surface area contributed by atoms with Crippen LogP contribution < -0.4 is 0 Å². The van der Waals surface area contributed by atoms with Crippen LogP contribution in [0.15, 0.2) is 0 Å². The maximum atomic E-state index is 5.60. The van der Waals surface area contributed by atoms with Gasteiger partial charge in [0.25, 0.3) is 0 Å². The second-order valence-corrected chi connectivity index (χ2v) is 10.5. The first kappa shape index (κ1) is 10.4. The summed E-state index contributed by atoms with van der Waals surface area (Å²) in [7, 11) is -0.502. The van der Waals surface area contributed by atoms with E-state index >= 15 is 0 Å². The highest BCUT2D eigenvalue weighted by atomic mass is 29.2. The summed E-state index contributed by atoms with van der Waals surface area (Å²) < 4.78 is 11.2. The van der Waals surface area contributed by atoms with E-state index in [-0.39, 0.29) is 0 Å². The minimum atomic E-state index is -1.58. The van der Waals surface area contributed by atoms with Gasteiger partial charge in [-0.15, -0.1) is 0 Å². The van der Waals surface area contributed by atoms with Gasteiger partial charge in [-0.3, -0.25) is 0 Å². The van der Waals surface area contributed by atoms with Crippen molar-refractivity contribution in [2.45, 2.75) is 26.8 Å². The van der Waals surface area contributed by atoms with Crippen LogP contribution in [0.1, 0.15) is 20.8 Å². The molecule has 0 aliphatic heterocycles. The Morgan fingerprint density at radius 2 is 1.50 bits per heavy atom. The fraction of sp³-hybridized carbons (Fsp3) is 1.00. The summed E-state index contributed by atoms with van der Waals surface area (Å²) in [6.45, 7) is 7.85. The standard InChI is InChI=1S/C6H18O2Si2/c1-4-7-10(9,6-3)8-5-2/h4-6H2,1-3,9H3. The lowest BCUT2D eigenvalue weighted by Crippen LogP contribution is -2.42. The van der Waals surface area contributed by atoms with Gasteiger partial charge >= 0.3 is 8.08 Å². The zero-order chi connectivity index (χ0) is 8.04. The van der Waals surface area contributed by atoms with Crippen molar-refractivity contribution in [1.29, 1.82) is 0 Å². The molecular formula is C6H18O2Si2. The normalized spacial score (nSPS) is 12.3. The van der Waals surface area contributed by atoms with E-state index in [4.69, 9.17) is 8.85 Å². The molecule has 0 bridgehead atoms. The Balaban J connectivity index is 3.69. The van der Waals surface area contributed by atoms with Gasteiger partial charge < -0.3 is 8.85 Å². The minimum Gasteiger partial charge on any atom is -0.398 e. The van der Waals surface area contributed by atoms with Gasteiger partial charge in [0.05, 0.1) is 9.76 Å². The largest absolute Gasteiger partial charge is 0.398 e. The van der Waals surface area contributed by atoms with Crippen molar-refractivity contribution in [2.24, 2.45) is 0 Å². The Kier molecular flexibility index (Phi) is 5.24. The molecule has 0 rings (SSSR count). The monoisotopic (exact) mass is 178 g/mol. The lowest BCUT2D eigenvalue weighted by molar-refractivity contribution is 0.204. The Hall–Kier alpha value is 0.354. The van der Waals surface area contributed by atoms with Gasteiger partial charge in [0.1, 0.15) is 0 Å². The summed E-state index contributed by atoms with van der Waals surface area (Å²) in [5, 5.41) is 0. The van der Waals surface area contributed by atoms with Crippen LogP contribution in [0, 0.1) is 0 Å². The fourth-order valence-corrected chi connectivity index (χ4v) is 4.30. The third-order valence-electron chi connectivity index (χ3n) is 1.54. The molecular weight excluding hydrogens is 160 g/mol. The average Bonchev–Trinajstić information content (AvgIpc) is 1.89. The number of hydrogen-bond acceptors (Lipinski definition) is 2. The second kappa shape index (κ2) is 5.06. The van der Waals surface area contributed by atoms with E-state index in [0.29, 0.717) is 0 Å². The number of hydrogen-bond donors (Lipinski definition) is 0. The summed E-state index contributed by atoms with van der Waals surface area (Å²) in [6.07, 6.45) is 0. The van der Waals surface area contributed by atoms with Crippen molar-refractivity contribution in [3.05, 3.63) is 0 Å². The molecule has 0 fully saturated rings. The smallest absolute Gasteiger partial charge is 0.304 e. The molecule has 0 N–H and O–H groups in total. The van der Waals surface area contributed by atoms with Gasteiger partial charge in [-0.05, 0) is 19.9 Å². The zero-order valence-electron chi connectivity index (χ0n) is 7.44. The molecule has 0 aliphatic rings. The molecule has 0 aliphatic carbocycles. The molecule has 0 radical (unpaired) electrons. The Bertz CT molecular complexity index is 81.8.